The molecule has 2 heterocycles. The molecule has 0 spiro atoms. The zero-order valence-electron chi connectivity index (χ0n) is 21.9. The number of carbonyl (C=O) groups is 3. The molecule has 2 aromatic carbocycles. The lowest BCUT2D eigenvalue weighted by molar-refractivity contribution is -0.170. The summed E-state index contributed by atoms with van der Waals surface area (Å²) in [5, 5.41) is 2.95. The van der Waals surface area contributed by atoms with Gasteiger partial charge in [0.25, 0.3) is 0 Å². The van der Waals surface area contributed by atoms with Gasteiger partial charge in [-0.2, -0.15) is 0 Å². The third-order valence-corrected chi connectivity index (χ3v) is 9.03. The van der Waals surface area contributed by atoms with Crippen molar-refractivity contribution in [2.45, 2.75) is 62.0 Å². The van der Waals surface area contributed by atoms with E-state index in [9.17, 15) is 18.6 Å². The molecule has 1 N–H and O–H groups in total. The second kappa shape index (κ2) is 11.7. The molecule has 1 unspecified atom stereocenters. The highest BCUT2D eigenvalue weighted by Gasteiger charge is 2.51. The number of urea groups is 1. The molecule has 1 aliphatic carbocycles. The summed E-state index contributed by atoms with van der Waals surface area (Å²) in [7, 11) is -1.10. The number of anilines is 1. The SMILES string of the molecule is CS(=O)c1ccc(NC(=O)N2CCC(=O)N3[C@@H](C4CCCCC4)C(=O)N(CCc4ccccc4)C[C@H]23)cc1. The second-order valence-corrected chi connectivity index (χ2v) is 11.9. The van der Waals surface area contributed by atoms with Crippen molar-refractivity contribution < 1.29 is 18.6 Å². The van der Waals surface area contributed by atoms with Gasteiger partial charge in [-0.05, 0) is 55.0 Å². The van der Waals surface area contributed by atoms with E-state index < -0.39 is 23.0 Å². The molecule has 2 aromatic rings. The first-order chi connectivity index (χ1) is 18.4. The first-order valence-electron chi connectivity index (χ1n) is 13.6. The lowest BCUT2D eigenvalue weighted by Crippen LogP contribution is -2.73. The molecule has 202 valence electrons. The van der Waals surface area contributed by atoms with Crippen LogP contribution >= 0.6 is 0 Å². The highest BCUT2D eigenvalue weighted by atomic mass is 32.2. The van der Waals surface area contributed by atoms with Gasteiger partial charge >= 0.3 is 6.03 Å². The van der Waals surface area contributed by atoms with Crippen LogP contribution in [0.3, 0.4) is 0 Å². The maximum absolute atomic E-state index is 13.9. The fraction of sp³-hybridized carbons (Fsp3) is 0.483. The van der Waals surface area contributed by atoms with Crippen LogP contribution in [-0.2, 0) is 26.8 Å². The summed E-state index contributed by atoms with van der Waals surface area (Å²) >= 11 is 0. The number of carbonyl (C=O) groups excluding carboxylic acids is 3. The quantitative estimate of drug-likeness (QED) is 0.607. The van der Waals surface area contributed by atoms with Crippen molar-refractivity contribution in [3.05, 3.63) is 60.2 Å². The number of hydrogen-bond donors (Lipinski definition) is 1. The number of benzene rings is 2. The number of piperazine rings is 1. The smallest absolute Gasteiger partial charge is 0.323 e. The van der Waals surface area contributed by atoms with Gasteiger partial charge in [-0.15, -0.1) is 0 Å². The number of nitrogens with one attached hydrogen (secondary N) is 1. The minimum Gasteiger partial charge on any atom is -0.337 e. The van der Waals surface area contributed by atoms with E-state index in [0.29, 0.717) is 30.2 Å². The van der Waals surface area contributed by atoms with Crippen molar-refractivity contribution in [2.24, 2.45) is 5.92 Å². The molecule has 0 aromatic heterocycles. The van der Waals surface area contributed by atoms with E-state index in [1.807, 2.05) is 23.1 Å². The number of amides is 4. The fourth-order valence-electron chi connectivity index (χ4n) is 6.08. The maximum atomic E-state index is 13.9. The van der Waals surface area contributed by atoms with E-state index in [1.54, 1.807) is 40.3 Å². The van der Waals surface area contributed by atoms with Crippen LogP contribution < -0.4 is 5.32 Å². The molecule has 3 fully saturated rings. The van der Waals surface area contributed by atoms with Gasteiger partial charge in [-0.25, -0.2) is 4.79 Å². The van der Waals surface area contributed by atoms with Crippen LogP contribution in [0, 0.1) is 5.92 Å². The number of hydrogen-bond acceptors (Lipinski definition) is 4. The van der Waals surface area contributed by atoms with Gasteiger partial charge in [0.05, 0.1) is 6.54 Å². The van der Waals surface area contributed by atoms with E-state index in [2.05, 4.69) is 17.4 Å². The molecule has 5 rings (SSSR count). The van der Waals surface area contributed by atoms with Gasteiger partial charge in [0.2, 0.25) is 11.8 Å². The summed E-state index contributed by atoms with van der Waals surface area (Å²) in [4.78, 5) is 46.7. The lowest BCUT2D eigenvalue weighted by atomic mass is 9.81. The minimum atomic E-state index is -1.10. The molecular weight excluding hydrogens is 500 g/mol. The van der Waals surface area contributed by atoms with Gasteiger partial charge < -0.3 is 20.0 Å². The number of nitrogens with zero attached hydrogens (tertiary/aromatic N) is 3. The number of rotatable bonds is 6. The Morgan fingerprint density at radius 2 is 1.71 bits per heavy atom. The first-order valence-corrected chi connectivity index (χ1v) is 15.1. The fourth-order valence-corrected chi connectivity index (χ4v) is 6.60. The van der Waals surface area contributed by atoms with Gasteiger partial charge in [-0.3, -0.25) is 13.8 Å². The summed E-state index contributed by atoms with van der Waals surface area (Å²) in [5.74, 6) is 0.0935. The molecular formula is C29H36N4O4S. The Morgan fingerprint density at radius 1 is 1.00 bits per heavy atom. The van der Waals surface area contributed by atoms with Crippen molar-refractivity contribution in [2.75, 3.05) is 31.2 Å². The Labute approximate surface area is 226 Å². The third kappa shape index (κ3) is 5.62. The van der Waals surface area contributed by atoms with E-state index in [-0.39, 0.29) is 30.2 Å². The predicted octanol–water partition coefficient (Wildman–Crippen LogP) is 3.85. The first kappa shape index (κ1) is 26.4. The van der Waals surface area contributed by atoms with Crippen LogP contribution in [0.5, 0.6) is 0 Å². The van der Waals surface area contributed by atoms with E-state index in [1.165, 1.54) is 0 Å². The standard InChI is InChI=1S/C29H36N4O4S/c1-38(37)24-14-12-23(13-15-24)30-29(36)32-19-17-26(34)33-25(32)20-31(18-16-21-8-4-2-5-9-21)28(35)27(33)22-10-6-3-7-11-22/h2,4-5,8-9,12-15,22,25,27H,3,6-7,10-11,16-20H2,1H3,(H,30,36)/t25-,27+,38?/m1/s1. The third-order valence-electron chi connectivity index (χ3n) is 8.09. The van der Waals surface area contributed by atoms with Crippen LogP contribution in [0.1, 0.15) is 44.1 Å². The zero-order valence-corrected chi connectivity index (χ0v) is 22.7. The van der Waals surface area contributed by atoms with Crippen LogP contribution in [0.15, 0.2) is 59.5 Å². The zero-order chi connectivity index (χ0) is 26.6. The number of fused-ring (bicyclic) bond motifs is 1. The summed E-state index contributed by atoms with van der Waals surface area (Å²) in [6, 6.07) is 16.2. The summed E-state index contributed by atoms with van der Waals surface area (Å²) < 4.78 is 11.7. The van der Waals surface area contributed by atoms with Crippen LogP contribution in [0.2, 0.25) is 0 Å². The molecule has 4 amide bonds. The highest BCUT2D eigenvalue weighted by molar-refractivity contribution is 7.84. The minimum absolute atomic E-state index is 0.0165. The Kier molecular flexibility index (Phi) is 8.12. The van der Waals surface area contributed by atoms with Crippen molar-refractivity contribution in [3.63, 3.8) is 0 Å². The summed E-state index contributed by atoms with van der Waals surface area (Å²) in [6.45, 7) is 1.17. The monoisotopic (exact) mass is 536 g/mol. The van der Waals surface area contributed by atoms with Crippen molar-refractivity contribution in [1.82, 2.24) is 14.7 Å². The largest absolute Gasteiger partial charge is 0.337 e. The van der Waals surface area contributed by atoms with Crippen molar-refractivity contribution in [1.29, 1.82) is 0 Å². The molecule has 3 aliphatic rings. The van der Waals surface area contributed by atoms with Crippen molar-refractivity contribution >= 4 is 34.3 Å². The average Bonchev–Trinajstić information content (AvgIpc) is 2.93. The van der Waals surface area contributed by atoms with Crippen LogP contribution in [-0.4, -0.2) is 74.9 Å². The van der Waals surface area contributed by atoms with Crippen molar-refractivity contribution in [3.8, 4) is 0 Å². The van der Waals surface area contributed by atoms with E-state index in [4.69, 9.17) is 0 Å². The topological polar surface area (TPSA) is 90.0 Å². The van der Waals surface area contributed by atoms with Gasteiger partial charge in [-0.1, -0.05) is 49.6 Å². The van der Waals surface area contributed by atoms with Crippen LogP contribution in [0.25, 0.3) is 0 Å². The Morgan fingerprint density at radius 3 is 2.39 bits per heavy atom. The van der Waals surface area contributed by atoms with E-state index >= 15 is 0 Å². The Balaban J connectivity index is 1.39. The molecule has 0 radical (unpaired) electrons. The summed E-state index contributed by atoms with van der Waals surface area (Å²) in [6.07, 6.45) is 7.18. The van der Waals surface area contributed by atoms with E-state index in [0.717, 1.165) is 44.1 Å². The highest BCUT2D eigenvalue weighted by Crippen LogP contribution is 2.36. The molecule has 2 aliphatic heterocycles. The molecule has 1 saturated carbocycles. The Hall–Kier alpha value is -3.20. The molecule has 38 heavy (non-hydrogen) atoms. The molecule has 2 saturated heterocycles. The van der Waals surface area contributed by atoms with Gasteiger partial charge in [0.15, 0.2) is 0 Å². The second-order valence-electron chi connectivity index (χ2n) is 10.5. The normalized spacial score (nSPS) is 23.2. The average molecular weight is 537 g/mol. The predicted molar refractivity (Wildman–Crippen MR) is 147 cm³/mol. The molecule has 3 atom stereocenters. The van der Waals surface area contributed by atoms with Crippen LogP contribution in [0.4, 0.5) is 10.5 Å². The van der Waals surface area contributed by atoms with Gasteiger partial charge in [0.1, 0.15) is 12.2 Å². The molecule has 0 bridgehead atoms. The van der Waals surface area contributed by atoms with Gasteiger partial charge in [0, 0.05) is 47.1 Å². The maximum Gasteiger partial charge on any atom is 0.323 e. The molecule has 9 heteroatoms. The summed E-state index contributed by atoms with van der Waals surface area (Å²) in [5.41, 5.74) is 1.76. The molecule has 8 nitrogen and oxygen atoms in total. The lowest BCUT2D eigenvalue weighted by Gasteiger charge is -2.54. The Bertz CT molecular complexity index is 1180.